The molecule has 0 spiro atoms. The van der Waals surface area contributed by atoms with Crippen LogP contribution in [0.5, 0.6) is 0 Å². The summed E-state index contributed by atoms with van der Waals surface area (Å²) in [6.45, 7) is 1.70. The lowest BCUT2D eigenvalue weighted by Gasteiger charge is -2.23. The molecule has 8 nitrogen and oxygen atoms in total. The number of fused-ring (bicyclic) bond motifs is 1. The van der Waals surface area contributed by atoms with Gasteiger partial charge < -0.3 is 10.6 Å². The minimum absolute atomic E-state index is 0.0706. The Bertz CT molecular complexity index is 877. The highest BCUT2D eigenvalue weighted by atomic mass is 16.2. The Hall–Kier alpha value is -2.48. The van der Waals surface area contributed by atoms with Gasteiger partial charge in [0.2, 0.25) is 0 Å². The number of carbonyl (C=O) groups excluding carboxylic acids is 1. The Kier molecular flexibility index (Phi) is 3.99. The lowest BCUT2D eigenvalue weighted by molar-refractivity contribution is 0.0926. The zero-order valence-electron chi connectivity index (χ0n) is 13.1. The molecule has 2 aromatic heterocycles. The standard InChI is InChI=1S/C15H19N5O3/c1-19-12-10(14(22)20(2)15(19)23)5-6-11(18-12)13(21)17-9-4-3-7-16-8-9/h5-6,9,16H,3-4,7-8H2,1-2H3,(H,17,21). The van der Waals surface area contributed by atoms with Gasteiger partial charge in [-0.1, -0.05) is 0 Å². The molecule has 1 saturated heterocycles. The molecule has 1 aliphatic heterocycles. The highest BCUT2D eigenvalue weighted by Gasteiger charge is 2.18. The minimum Gasteiger partial charge on any atom is -0.347 e. The van der Waals surface area contributed by atoms with Gasteiger partial charge in [0.05, 0.1) is 5.39 Å². The first-order chi connectivity index (χ1) is 11.0. The van der Waals surface area contributed by atoms with Crippen LogP contribution in [0, 0.1) is 0 Å². The zero-order valence-corrected chi connectivity index (χ0v) is 13.1. The first-order valence-corrected chi connectivity index (χ1v) is 7.57. The molecule has 0 saturated carbocycles. The quantitative estimate of drug-likeness (QED) is 0.749. The van der Waals surface area contributed by atoms with Gasteiger partial charge in [-0.15, -0.1) is 0 Å². The van der Waals surface area contributed by atoms with Crippen LogP contribution in [0.4, 0.5) is 0 Å². The van der Waals surface area contributed by atoms with Crippen LogP contribution in [0.1, 0.15) is 23.3 Å². The van der Waals surface area contributed by atoms with Gasteiger partial charge in [0.25, 0.3) is 11.5 Å². The van der Waals surface area contributed by atoms with Crippen molar-refractivity contribution in [2.24, 2.45) is 14.1 Å². The van der Waals surface area contributed by atoms with Gasteiger partial charge in [0.15, 0.2) is 0 Å². The topological polar surface area (TPSA) is 98.0 Å². The van der Waals surface area contributed by atoms with Crippen LogP contribution < -0.4 is 21.9 Å². The summed E-state index contributed by atoms with van der Waals surface area (Å²) in [6.07, 6.45) is 1.94. The maximum Gasteiger partial charge on any atom is 0.332 e. The number of hydrogen-bond donors (Lipinski definition) is 2. The molecule has 1 fully saturated rings. The third-order valence-electron chi connectivity index (χ3n) is 4.17. The van der Waals surface area contributed by atoms with Gasteiger partial charge in [-0.25, -0.2) is 9.78 Å². The Labute approximate surface area is 132 Å². The average molecular weight is 317 g/mol. The highest BCUT2D eigenvalue weighted by molar-refractivity contribution is 5.94. The molecule has 1 aliphatic rings. The van der Waals surface area contributed by atoms with Crippen LogP contribution in [-0.4, -0.2) is 39.2 Å². The van der Waals surface area contributed by atoms with Crippen molar-refractivity contribution in [2.45, 2.75) is 18.9 Å². The molecular formula is C15H19N5O3. The smallest absolute Gasteiger partial charge is 0.332 e. The fourth-order valence-corrected chi connectivity index (χ4v) is 2.81. The lowest BCUT2D eigenvalue weighted by Crippen LogP contribution is -2.45. The van der Waals surface area contributed by atoms with E-state index in [1.54, 1.807) is 0 Å². The lowest BCUT2D eigenvalue weighted by atomic mass is 10.1. The summed E-state index contributed by atoms with van der Waals surface area (Å²) >= 11 is 0. The summed E-state index contributed by atoms with van der Waals surface area (Å²) in [7, 11) is 2.95. The van der Waals surface area contributed by atoms with E-state index in [0.717, 1.165) is 30.5 Å². The number of aromatic nitrogens is 3. The van der Waals surface area contributed by atoms with Crippen molar-refractivity contribution in [1.82, 2.24) is 24.8 Å². The van der Waals surface area contributed by atoms with E-state index in [1.165, 1.54) is 30.8 Å². The number of carbonyl (C=O) groups is 1. The number of hydrogen-bond acceptors (Lipinski definition) is 5. The van der Waals surface area contributed by atoms with E-state index in [4.69, 9.17) is 0 Å². The van der Waals surface area contributed by atoms with E-state index >= 15 is 0 Å². The normalized spacial score (nSPS) is 18.1. The molecule has 2 N–H and O–H groups in total. The monoisotopic (exact) mass is 317 g/mol. The number of nitrogens with one attached hydrogen (secondary N) is 2. The van der Waals surface area contributed by atoms with Crippen LogP contribution in [0.15, 0.2) is 21.7 Å². The van der Waals surface area contributed by atoms with Gasteiger partial charge in [0.1, 0.15) is 11.3 Å². The first-order valence-electron chi connectivity index (χ1n) is 7.57. The predicted octanol–water partition coefficient (Wildman–Crippen LogP) is -0.886. The third kappa shape index (κ3) is 2.77. The van der Waals surface area contributed by atoms with Gasteiger partial charge in [-0.2, -0.15) is 0 Å². The van der Waals surface area contributed by atoms with Crippen molar-refractivity contribution in [1.29, 1.82) is 0 Å². The summed E-state index contributed by atoms with van der Waals surface area (Å²) in [4.78, 5) is 40.6. The van der Waals surface area contributed by atoms with Crippen LogP contribution in [-0.2, 0) is 14.1 Å². The van der Waals surface area contributed by atoms with Crippen LogP contribution in [0.2, 0.25) is 0 Å². The second kappa shape index (κ2) is 5.96. The van der Waals surface area contributed by atoms with E-state index in [0.29, 0.717) is 5.39 Å². The molecule has 0 aromatic carbocycles. The predicted molar refractivity (Wildman–Crippen MR) is 85.6 cm³/mol. The maximum atomic E-state index is 12.3. The number of aryl methyl sites for hydroxylation is 1. The minimum atomic E-state index is -0.468. The summed E-state index contributed by atoms with van der Waals surface area (Å²) in [6, 6.07) is 3.12. The molecule has 0 radical (unpaired) electrons. The molecule has 23 heavy (non-hydrogen) atoms. The summed E-state index contributed by atoms with van der Waals surface area (Å²) in [5.74, 6) is -0.297. The summed E-state index contributed by atoms with van der Waals surface area (Å²) in [5, 5.41) is 6.46. The second-order valence-electron chi connectivity index (χ2n) is 5.79. The van der Waals surface area contributed by atoms with E-state index in [9.17, 15) is 14.4 Å². The van der Waals surface area contributed by atoms with Crippen molar-refractivity contribution >= 4 is 16.9 Å². The van der Waals surface area contributed by atoms with Crippen molar-refractivity contribution in [2.75, 3.05) is 13.1 Å². The van der Waals surface area contributed by atoms with Gasteiger partial charge in [-0.3, -0.25) is 18.7 Å². The van der Waals surface area contributed by atoms with Crippen LogP contribution in [0.3, 0.4) is 0 Å². The fourth-order valence-electron chi connectivity index (χ4n) is 2.81. The van der Waals surface area contributed by atoms with Gasteiger partial charge in [-0.05, 0) is 31.5 Å². The number of pyridine rings is 1. The molecule has 1 amide bonds. The fraction of sp³-hybridized carbons (Fsp3) is 0.467. The highest BCUT2D eigenvalue weighted by Crippen LogP contribution is 2.08. The molecule has 0 bridgehead atoms. The van der Waals surface area contributed by atoms with E-state index in [2.05, 4.69) is 15.6 Å². The van der Waals surface area contributed by atoms with E-state index in [-0.39, 0.29) is 23.3 Å². The van der Waals surface area contributed by atoms with Crippen LogP contribution >= 0.6 is 0 Å². The molecule has 2 aromatic rings. The van der Waals surface area contributed by atoms with Crippen molar-refractivity contribution in [3.8, 4) is 0 Å². The molecule has 3 heterocycles. The largest absolute Gasteiger partial charge is 0.347 e. The summed E-state index contributed by atoms with van der Waals surface area (Å²) in [5.41, 5.74) is -0.470. The second-order valence-corrected chi connectivity index (χ2v) is 5.79. The Morgan fingerprint density at radius 1 is 1.30 bits per heavy atom. The summed E-state index contributed by atoms with van der Waals surface area (Å²) < 4.78 is 2.30. The van der Waals surface area contributed by atoms with Crippen molar-refractivity contribution in [3.05, 3.63) is 38.7 Å². The Morgan fingerprint density at radius 2 is 2.09 bits per heavy atom. The number of nitrogens with zero attached hydrogens (tertiary/aromatic N) is 3. The Balaban J connectivity index is 1.98. The zero-order chi connectivity index (χ0) is 16.6. The average Bonchev–Trinajstić information content (AvgIpc) is 2.58. The molecular weight excluding hydrogens is 298 g/mol. The molecule has 3 rings (SSSR count). The van der Waals surface area contributed by atoms with Crippen LogP contribution in [0.25, 0.3) is 11.0 Å². The number of amides is 1. The third-order valence-corrected chi connectivity index (χ3v) is 4.17. The van der Waals surface area contributed by atoms with E-state index < -0.39 is 11.2 Å². The maximum absolute atomic E-state index is 12.3. The first kappa shape index (κ1) is 15.4. The van der Waals surface area contributed by atoms with Gasteiger partial charge >= 0.3 is 5.69 Å². The molecule has 8 heteroatoms. The molecule has 122 valence electrons. The Morgan fingerprint density at radius 3 is 2.78 bits per heavy atom. The molecule has 1 atom stereocenters. The van der Waals surface area contributed by atoms with Crippen molar-refractivity contribution < 1.29 is 4.79 Å². The number of piperidine rings is 1. The van der Waals surface area contributed by atoms with E-state index in [1.807, 2.05) is 0 Å². The molecule has 0 aliphatic carbocycles. The number of rotatable bonds is 2. The van der Waals surface area contributed by atoms with Crippen molar-refractivity contribution in [3.63, 3.8) is 0 Å². The SMILES string of the molecule is Cn1c(=O)c2ccc(C(=O)NC3CCCNC3)nc2n(C)c1=O. The van der Waals surface area contributed by atoms with Gasteiger partial charge in [0, 0.05) is 26.7 Å². The molecule has 1 unspecified atom stereocenters.